The second-order valence-electron chi connectivity index (χ2n) is 3.75. The molecule has 0 bridgehead atoms. The Morgan fingerprint density at radius 3 is 3.13 bits per heavy atom. The Morgan fingerprint density at radius 2 is 2.40 bits per heavy atom. The van der Waals surface area contributed by atoms with E-state index in [1.807, 2.05) is 30.0 Å². The lowest BCUT2D eigenvalue weighted by Gasteiger charge is -2.08. The predicted octanol–water partition coefficient (Wildman–Crippen LogP) is 2.45. The van der Waals surface area contributed by atoms with Gasteiger partial charge in [-0.1, -0.05) is 12.1 Å². The molecule has 1 N–H and O–H groups in total. The van der Waals surface area contributed by atoms with E-state index in [1.54, 1.807) is 0 Å². The third kappa shape index (κ3) is 3.23. The number of hydrogen-bond donors (Lipinski definition) is 1. The molecule has 0 spiro atoms. The Kier molecular flexibility index (Phi) is 4.06. The third-order valence-corrected chi connectivity index (χ3v) is 3.67. The minimum absolute atomic E-state index is 0.119. The molecule has 1 heterocycles. The Hall–Kier alpha value is -0.510. The minimum atomic E-state index is 0.119. The first kappa shape index (κ1) is 11.0. The molecule has 3 heteroatoms. The Bertz CT molecular complexity index is 308. The molecule has 0 radical (unpaired) electrons. The number of benzene rings is 1. The molecule has 1 aromatic carbocycles. The molecule has 1 aliphatic heterocycles. The quantitative estimate of drug-likeness (QED) is 0.797. The first-order valence-corrected chi connectivity index (χ1v) is 6.31. The number of ether oxygens (including phenoxy) is 1. The zero-order valence-corrected chi connectivity index (χ0v) is 9.50. The molecule has 1 saturated heterocycles. The van der Waals surface area contributed by atoms with Gasteiger partial charge in [-0.25, -0.2) is 0 Å². The number of aliphatic hydroxyl groups is 1. The van der Waals surface area contributed by atoms with Gasteiger partial charge in [-0.05, 0) is 30.5 Å². The summed E-state index contributed by atoms with van der Waals surface area (Å²) in [6.07, 6.45) is 2.81. The van der Waals surface area contributed by atoms with Gasteiger partial charge in [0.1, 0.15) is 0 Å². The van der Waals surface area contributed by atoms with Crippen molar-refractivity contribution in [2.45, 2.75) is 30.4 Å². The Labute approximate surface area is 94.6 Å². The molecular formula is C12H16O2S. The fourth-order valence-electron chi connectivity index (χ4n) is 1.70. The van der Waals surface area contributed by atoms with E-state index in [1.165, 1.54) is 17.7 Å². The molecule has 0 saturated carbocycles. The van der Waals surface area contributed by atoms with Crippen LogP contribution in [0.25, 0.3) is 0 Å². The summed E-state index contributed by atoms with van der Waals surface area (Å²) in [4.78, 5) is 1.22. The van der Waals surface area contributed by atoms with Crippen LogP contribution in [0.15, 0.2) is 29.2 Å². The van der Waals surface area contributed by atoms with Crippen LogP contribution in [-0.4, -0.2) is 23.6 Å². The van der Waals surface area contributed by atoms with Crippen LogP contribution >= 0.6 is 11.8 Å². The van der Waals surface area contributed by atoms with Crippen LogP contribution < -0.4 is 0 Å². The van der Waals surface area contributed by atoms with Crippen molar-refractivity contribution in [3.8, 4) is 0 Å². The summed E-state index contributed by atoms with van der Waals surface area (Å²) in [5, 5.41) is 9.01. The van der Waals surface area contributed by atoms with Gasteiger partial charge in [-0.3, -0.25) is 0 Å². The highest BCUT2D eigenvalue weighted by molar-refractivity contribution is 7.99. The third-order valence-electron chi connectivity index (χ3n) is 2.54. The van der Waals surface area contributed by atoms with Crippen LogP contribution in [0.3, 0.4) is 0 Å². The summed E-state index contributed by atoms with van der Waals surface area (Å²) >= 11 is 1.81. The maximum Gasteiger partial charge on any atom is 0.0682 e. The zero-order valence-electron chi connectivity index (χ0n) is 8.69. The van der Waals surface area contributed by atoms with Gasteiger partial charge in [0.05, 0.1) is 12.7 Å². The summed E-state index contributed by atoms with van der Waals surface area (Å²) < 4.78 is 5.56. The molecule has 0 aromatic heterocycles. The van der Waals surface area contributed by atoms with Gasteiger partial charge < -0.3 is 9.84 Å². The lowest BCUT2D eigenvalue weighted by molar-refractivity contribution is 0.129. The highest BCUT2D eigenvalue weighted by Crippen LogP contribution is 2.24. The van der Waals surface area contributed by atoms with Gasteiger partial charge in [-0.2, -0.15) is 0 Å². The van der Waals surface area contributed by atoms with Crippen molar-refractivity contribution in [2.24, 2.45) is 0 Å². The van der Waals surface area contributed by atoms with E-state index in [0.29, 0.717) is 6.10 Å². The van der Waals surface area contributed by atoms with Gasteiger partial charge in [0.25, 0.3) is 0 Å². The smallest absolute Gasteiger partial charge is 0.0682 e. The van der Waals surface area contributed by atoms with Crippen molar-refractivity contribution in [1.29, 1.82) is 0 Å². The minimum Gasteiger partial charge on any atom is -0.392 e. The number of thioether (sulfide) groups is 1. The maximum atomic E-state index is 9.01. The van der Waals surface area contributed by atoms with Crippen molar-refractivity contribution in [1.82, 2.24) is 0 Å². The summed E-state index contributed by atoms with van der Waals surface area (Å²) in [7, 11) is 0. The van der Waals surface area contributed by atoms with E-state index in [2.05, 4.69) is 6.07 Å². The fraction of sp³-hybridized carbons (Fsp3) is 0.500. The van der Waals surface area contributed by atoms with E-state index in [-0.39, 0.29) is 6.61 Å². The molecule has 2 rings (SSSR count). The van der Waals surface area contributed by atoms with Crippen molar-refractivity contribution in [3.63, 3.8) is 0 Å². The van der Waals surface area contributed by atoms with Gasteiger partial charge in [0.15, 0.2) is 0 Å². The fourth-order valence-corrected chi connectivity index (χ4v) is 2.75. The van der Waals surface area contributed by atoms with Crippen molar-refractivity contribution in [2.75, 3.05) is 12.4 Å². The molecule has 1 atom stereocenters. The monoisotopic (exact) mass is 224 g/mol. The summed E-state index contributed by atoms with van der Waals surface area (Å²) in [5.41, 5.74) is 0.979. The van der Waals surface area contributed by atoms with Crippen LogP contribution in [0.4, 0.5) is 0 Å². The van der Waals surface area contributed by atoms with Crippen LogP contribution in [0.2, 0.25) is 0 Å². The molecule has 82 valence electrons. The summed E-state index contributed by atoms with van der Waals surface area (Å²) in [5.74, 6) is 1.02. The Balaban J connectivity index is 1.86. The van der Waals surface area contributed by atoms with E-state index < -0.39 is 0 Å². The highest BCUT2D eigenvalue weighted by atomic mass is 32.2. The number of rotatable bonds is 4. The first-order chi connectivity index (χ1) is 7.38. The second kappa shape index (κ2) is 5.54. The summed E-state index contributed by atoms with van der Waals surface area (Å²) in [6.45, 7) is 1.04. The van der Waals surface area contributed by atoms with Gasteiger partial charge in [0, 0.05) is 17.3 Å². The zero-order chi connectivity index (χ0) is 10.5. The molecule has 1 aliphatic rings. The van der Waals surface area contributed by atoms with Crippen molar-refractivity contribution in [3.05, 3.63) is 29.8 Å². The van der Waals surface area contributed by atoms with Gasteiger partial charge in [0.2, 0.25) is 0 Å². The number of aliphatic hydroxyl groups excluding tert-OH is 1. The molecule has 1 unspecified atom stereocenters. The van der Waals surface area contributed by atoms with E-state index in [9.17, 15) is 0 Å². The molecule has 15 heavy (non-hydrogen) atoms. The second-order valence-corrected chi connectivity index (χ2v) is 4.84. The number of hydrogen-bond acceptors (Lipinski definition) is 3. The van der Waals surface area contributed by atoms with Crippen LogP contribution in [-0.2, 0) is 11.3 Å². The average molecular weight is 224 g/mol. The molecule has 1 fully saturated rings. The van der Waals surface area contributed by atoms with Crippen LogP contribution in [0.5, 0.6) is 0 Å². The van der Waals surface area contributed by atoms with Crippen molar-refractivity contribution >= 4 is 11.8 Å². The molecule has 0 aliphatic carbocycles. The SMILES string of the molecule is OCc1cccc(SCC2CCCO2)c1. The first-order valence-electron chi connectivity index (χ1n) is 5.32. The average Bonchev–Trinajstić information content (AvgIpc) is 2.79. The predicted molar refractivity (Wildman–Crippen MR) is 62.1 cm³/mol. The largest absolute Gasteiger partial charge is 0.392 e. The van der Waals surface area contributed by atoms with Gasteiger partial charge >= 0.3 is 0 Å². The molecule has 0 amide bonds. The Morgan fingerprint density at radius 1 is 1.47 bits per heavy atom. The standard InChI is InChI=1S/C12H16O2S/c13-8-10-3-1-5-12(7-10)15-9-11-4-2-6-14-11/h1,3,5,7,11,13H,2,4,6,8-9H2. The van der Waals surface area contributed by atoms with Crippen LogP contribution in [0.1, 0.15) is 18.4 Å². The van der Waals surface area contributed by atoms with Crippen LogP contribution in [0, 0.1) is 0 Å². The lowest BCUT2D eigenvalue weighted by atomic mass is 10.2. The van der Waals surface area contributed by atoms with E-state index in [0.717, 1.165) is 17.9 Å². The lowest BCUT2D eigenvalue weighted by Crippen LogP contribution is -2.07. The highest BCUT2D eigenvalue weighted by Gasteiger charge is 2.15. The van der Waals surface area contributed by atoms with Gasteiger partial charge in [-0.15, -0.1) is 11.8 Å². The molecule has 2 nitrogen and oxygen atoms in total. The molecular weight excluding hydrogens is 208 g/mol. The van der Waals surface area contributed by atoms with Crippen molar-refractivity contribution < 1.29 is 9.84 Å². The maximum absolute atomic E-state index is 9.01. The van der Waals surface area contributed by atoms with E-state index in [4.69, 9.17) is 9.84 Å². The topological polar surface area (TPSA) is 29.5 Å². The van der Waals surface area contributed by atoms with E-state index >= 15 is 0 Å². The normalized spacial score (nSPS) is 20.7. The summed E-state index contributed by atoms with van der Waals surface area (Å²) in [6, 6.07) is 8.05. The molecule has 1 aromatic rings.